The molecule has 4 aliphatic heterocycles. The highest BCUT2D eigenvalue weighted by molar-refractivity contribution is 9.10. The highest BCUT2D eigenvalue weighted by atomic mass is 79.9. The Kier molecular flexibility index (Phi) is 4.71. The maximum atomic E-state index is 14.5. The molecule has 0 saturated carbocycles. The Hall–Kier alpha value is -3.29. The van der Waals surface area contributed by atoms with Crippen molar-refractivity contribution in [3.05, 3.63) is 93.0 Å². The van der Waals surface area contributed by atoms with E-state index in [1.165, 1.54) is 0 Å². The van der Waals surface area contributed by atoms with E-state index in [9.17, 15) is 14.4 Å². The van der Waals surface area contributed by atoms with Crippen molar-refractivity contribution in [2.45, 2.75) is 43.7 Å². The van der Waals surface area contributed by atoms with Crippen LogP contribution in [0.4, 0.5) is 11.4 Å². The molecular formula is C30H26BrN3O3. The molecule has 186 valence electrons. The second kappa shape index (κ2) is 7.62. The topological polar surface area (TPSA) is 78.5 Å². The highest BCUT2D eigenvalue weighted by Gasteiger charge is 2.81. The third-order valence-electron chi connectivity index (χ3n) is 9.21. The van der Waals surface area contributed by atoms with Crippen LogP contribution in [0.5, 0.6) is 0 Å². The van der Waals surface area contributed by atoms with Crippen LogP contribution in [-0.4, -0.2) is 35.1 Å². The molecule has 7 heteroatoms. The fourth-order valence-electron chi connectivity index (χ4n) is 7.69. The van der Waals surface area contributed by atoms with Crippen LogP contribution in [0.1, 0.15) is 45.5 Å². The monoisotopic (exact) mass is 555 g/mol. The number of para-hydroxylation sites is 1. The van der Waals surface area contributed by atoms with Gasteiger partial charge in [0.1, 0.15) is 11.0 Å². The van der Waals surface area contributed by atoms with E-state index in [-0.39, 0.29) is 23.6 Å². The Morgan fingerprint density at radius 2 is 1.70 bits per heavy atom. The zero-order valence-corrected chi connectivity index (χ0v) is 22.2. The molecular weight excluding hydrogens is 530 g/mol. The van der Waals surface area contributed by atoms with Gasteiger partial charge < -0.3 is 10.6 Å². The second-order valence-electron chi connectivity index (χ2n) is 10.7. The van der Waals surface area contributed by atoms with Crippen LogP contribution < -0.4 is 10.6 Å². The van der Waals surface area contributed by atoms with Gasteiger partial charge in [-0.25, -0.2) is 0 Å². The number of benzene rings is 3. The first kappa shape index (κ1) is 22.9. The summed E-state index contributed by atoms with van der Waals surface area (Å²) in [5, 5.41) is 6.27. The largest absolute Gasteiger partial charge is 0.325 e. The standard InChI is InChI=1S/C30H26BrN3O3/c1-16-9-14-21-25(17(16)2)33-28(37)30(21)29(20-6-3-4-7-22(20)32-27(29)36)24(23-8-5-15-34(23)30)26(35)18-10-12-19(31)13-11-18/h3-4,6-7,9-14,23-24H,5,8,15H2,1-2H3,(H,32,36)(H,33,37)/t23-,24+,29-,30+/m1/s1. The number of nitrogens with one attached hydrogen (secondary N) is 2. The third-order valence-corrected chi connectivity index (χ3v) is 9.74. The van der Waals surface area contributed by atoms with Crippen LogP contribution in [0.3, 0.4) is 0 Å². The van der Waals surface area contributed by atoms with E-state index in [0.29, 0.717) is 17.8 Å². The number of fused-ring (bicyclic) bond motifs is 7. The molecule has 0 aromatic heterocycles. The second-order valence-corrected chi connectivity index (χ2v) is 11.6. The molecule has 6 nitrogen and oxygen atoms in total. The van der Waals surface area contributed by atoms with Crippen LogP contribution in [0.15, 0.2) is 65.1 Å². The van der Waals surface area contributed by atoms with Crippen molar-refractivity contribution in [3.8, 4) is 0 Å². The molecule has 4 atom stereocenters. The average molecular weight is 556 g/mol. The van der Waals surface area contributed by atoms with Crippen molar-refractivity contribution in [1.82, 2.24) is 4.90 Å². The van der Waals surface area contributed by atoms with Crippen molar-refractivity contribution in [1.29, 1.82) is 0 Å². The van der Waals surface area contributed by atoms with Gasteiger partial charge in [-0.1, -0.05) is 58.4 Å². The summed E-state index contributed by atoms with van der Waals surface area (Å²) in [6, 6.07) is 18.7. The number of ketones is 1. The molecule has 37 heavy (non-hydrogen) atoms. The van der Waals surface area contributed by atoms with Gasteiger partial charge >= 0.3 is 0 Å². The highest BCUT2D eigenvalue weighted by Crippen LogP contribution is 2.68. The molecule has 3 aromatic carbocycles. The van der Waals surface area contributed by atoms with E-state index in [0.717, 1.165) is 45.3 Å². The first-order valence-corrected chi connectivity index (χ1v) is 13.5. The predicted molar refractivity (Wildman–Crippen MR) is 145 cm³/mol. The van der Waals surface area contributed by atoms with Crippen LogP contribution in [0.2, 0.25) is 0 Å². The van der Waals surface area contributed by atoms with E-state index >= 15 is 0 Å². The molecule has 0 bridgehead atoms. The minimum absolute atomic E-state index is 0.0989. The number of amides is 2. The summed E-state index contributed by atoms with van der Waals surface area (Å²) < 4.78 is 0.878. The lowest BCUT2D eigenvalue weighted by Crippen LogP contribution is -2.62. The van der Waals surface area contributed by atoms with Crippen LogP contribution in [0.25, 0.3) is 0 Å². The van der Waals surface area contributed by atoms with E-state index < -0.39 is 16.9 Å². The van der Waals surface area contributed by atoms with Gasteiger partial charge in [0.25, 0.3) is 5.91 Å². The van der Waals surface area contributed by atoms with Gasteiger partial charge in [-0.05, 0) is 68.1 Å². The summed E-state index contributed by atoms with van der Waals surface area (Å²) >= 11 is 3.46. The Balaban J connectivity index is 1.59. The number of hydrogen-bond acceptors (Lipinski definition) is 4. The van der Waals surface area contributed by atoms with Gasteiger partial charge in [-0.2, -0.15) is 0 Å². The number of aryl methyl sites for hydroxylation is 1. The molecule has 4 heterocycles. The third kappa shape index (κ3) is 2.56. The number of Topliss-reactive ketones (excluding diaryl/α,β-unsaturated/α-hetero) is 1. The predicted octanol–water partition coefficient (Wildman–Crippen LogP) is 5.08. The summed E-state index contributed by atoms with van der Waals surface area (Å²) in [4.78, 5) is 45.7. The van der Waals surface area contributed by atoms with Crippen molar-refractivity contribution in [2.75, 3.05) is 17.2 Å². The minimum Gasteiger partial charge on any atom is -0.325 e. The maximum Gasteiger partial charge on any atom is 0.251 e. The number of halogens is 1. The van der Waals surface area contributed by atoms with Crippen molar-refractivity contribution in [2.24, 2.45) is 5.92 Å². The number of anilines is 2. The molecule has 2 spiro atoms. The lowest BCUT2D eigenvalue weighted by molar-refractivity contribution is -0.137. The van der Waals surface area contributed by atoms with Gasteiger partial charge in [0.2, 0.25) is 5.91 Å². The zero-order valence-electron chi connectivity index (χ0n) is 20.6. The molecule has 2 saturated heterocycles. The molecule has 2 N–H and O–H groups in total. The normalized spacial score (nSPS) is 29.4. The number of nitrogens with zero attached hydrogens (tertiary/aromatic N) is 1. The van der Waals surface area contributed by atoms with Crippen LogP contribution in [-0.2, 0) is 20.5 Å². The Labute approximate surface area is 223 Å². The van der Waals surface area contributed by atoms with Gasteiger partial charge in [-0.15, -0.1) is 0 Å². The van der Waals surface area contributed by atoms with Crippen LogP contribution >= 0.6 is 15.9 Å². The molecule has 2 amide bonds. The number of rotatable bonds is 2. The Morgan fingerprint density at radius 3 is 2.49 bits per heavy atom. The molecule has 2 fully saturated rings. The molecule has 3 aromatic rings. The summed E-state index contributed by atoms with van der Waals surface area (Å²) in [7, 11) is 0. The SMILES string of the molecule is Cc1ccc2c(c1C)NC(=O)[C@@]21N2CCC[C@@H]2[C@@H](C(=O)c2ccc(Br)cc2)[C@]12C(=O)Nc1ccccc12. The van der Waals surface area contributed by atoms with Crippen molar-refractivity contribution in [3.63, 3.8) is 0 Å². The molecule has 4 aliphatic rings. The summed E-state index contributed by atoms with van der Waals surface area (Å²) in [5.41, 5.74) is 2.84. The van der Waals surface area contributed by atoms with Gasteiger partial charge in [0, 0.05) is 33.0 Å². The number of hydrogen-bond donors (Lipinski definition) is 2. The summed E-state index contributed by atoms with van der Waals surface area (Å²) in [5.74, 6) is -1.32. The number of carbonyl (C=O) groups is 3. The number of carbonyl (C=O) groups excluding carboxylic acids is 3. The van der Waals surface area contributed by atoms with Gasteiger partial charge in [0.05, 0.1) is 5.92 Å². The lowest BCUT2D eigenvalue weighted by Gasteiger charge is -2.43. The van der Waals surface area contributed by atoms with E-state index in [4.69, 9.17) is 0 Å². The molecule has 7 rings (SSSR count). The molecule has 0 aliphatic carbocycles. The van der Waals surface area contributed by atoms with Crippen molar-refractivity contribution >= 4 is 44.9 Å². The fourth-order valence-corrected chi connectivity index (χ4v) is 7.95. The van der Waals surface area contributed by atoms with Crippen LogP contribution in [0, 0.1) is 19.8 Å². The quantitative estimate of drug-likeness (QED) is 0.432. The first-order chi connectivity index (χ1) is 17.8. The van der Waals surface area contributed by atoms with E-state index in [1.807, 2.05) is 62.4 Å². The molecule has 0 unspecified atom stereocenters. The Bertz CT molecular complexity index is 1530. The van der Waals surface area contributed by atoms with Crippen molar-refractivity contribution < 1.29 is 14.4 Å². The summed E-state index contributed by atoms with van der Waals surface area (Å²) in [6.07, 6.45) is 1.61. The van der Waals surface area contributed by atoms with Gasteiger partial charge in [0.15, 0.2) is 5.78 Å². The minimum atomic E-state index is -1.41. The smallest absolute Gasteiger partial charge is 0.251 e. The van der Waals surface area contributed by atoms with E-state index in [1.54, 1.807) is 12.1 Å². The lowest BCUT2D eigenvalue weighted by atomic mass is 9.57. The molecule has 0 radical (unpaired) electrons. The first-order valence-electron chi connectivity index (χ1n) is 12.7. The Morgan fingerprint density at radius 1 is 0.946 bits per heavy atom. The van der Waals surface area contributed by atoms with Gasteiger partial charge in [-0.3, -0.25) is 19.3 Å². The zero-order chi connectivity index (χ0) is 25.7. The van der Waals surface area contributed by atoms with E-state index in [2.05, 4.69) is 31.5 Å². The summed E-state index contributed by atoms with van der Waals surface area (Å²) in [6.45, 7) is 4.67. The fraction of sp³-hybridized carbons (Fsp3) is 0.300. The maximum absolute atomic E-state index is 14.5. The average Bonchev–Trinajstić information content (AvgIpc) is 3.61.